The lowest BCUT2D eigenvalue weighted by molar-refractivity contribution is -0.145. The van der Waals surface area contributed by atoms with Crippen molar-refractivity contribution in [2.24, 2.45) is 11.8 Å². The largest absolute Gasteiger partial charge is 0.480 e. The van der Waals surface area contributed by atoms with Crippen LogP contribution in [0, 0.1) is 11.8 Å². The molecule has 0 bridgehead atoms. The van der Waals surface area contributed by atoms with E-state index in [1.807, 2.05) is 20.8 Å². The SMILES string of the molecule is CC(C)NC(C)(CN(CC1CC1)CC1CC1)C(=O)O. The molecule has 0 radical (unpaired) electrons. The van der Waals surface area contributed by atoms with E-state index in [0.717, 1.165) is 24.9 Å². The van der Waals surface area contributed by atoms with Crippen molar-refractivity contribution in [3.05, 3.63) is 0 Å². The van der Waals surface area contributed by atoms with Gasteiger partial charge in [0.1, 0.15) is 5.54 Å². The number of carboxylic acid groups (broad SMARTS) is 1. The van der Waals surface area contributed by atoms with E-state index in [1.54, 1.807) is 0 Å². The van der Waals surface area contributed by atoms with Gasteiger partial charge in [0.05, 0.1) is 0 Å². The van der Waals surface area contributed by atoms with Crippen molar-refractivity contribution in [3.63, 3.8) is 0 Å². The van der Waals surface area contributed by atoms with Crippen LogP contribution in [0.15, 0.2) is 0 Å². The second kappa shape index (κ2) is 5.80. The molecule has 0 saturated heterocycles. The monoisotopic (exact) mass is 268 g/mol. The average molecular weight is 268 g/mol. The van der Waals surface area contributed by atoms with Crippen LogP contribution in [-0.2, 0) is 4.79 Å². The lowest BCUT2D eigenvalue weighted by Crippen LogP contribution is -2.59. The van der Waals surface area contributed by atoms with E-state index in [9.17, 15) is 9.90 Å². The van der Waals surface area contributed by atoms with Gasteiger partial charge >= 0.3 is 5.97 Å². The number of hydrogen-bond acceptors (Lipinski definition) is 3. The molecule has 110 valence electrons. The number of aliphatic carboxylic acids is 1. The van der Waals surface area contributed by atoms with Crippen LogP contribution in [0.4, 0.5) is 0 Å². The molecule has 0 aromatic heterocycles. The summed E-state index contributed by atoms with van der Waals surface area (Å²) in [4.78, 5) is 14.0. The van der Waals surface area contributed by atoms with E-state index in [2.05, 4.69) is 10.2 Å². The smallest absolute Gasteiger partial charge is 0.324 e. The minimum absolute atomic E-state index is 0.185. The second-order valence-electron chi connectivity index (χ2n) is 7.02. The average Bonchev–Trinajstić information content (AvgIpc) is 3.11. The Labute approximate surface area is 116 Å². The standard InChI is InChI=1S/C15H28N2O2/c1-11(2)16-15(3,14(18)19)10-17(8-12-4-5-12)9-13-6-7-13/h11-13,16H,4-10H2,1-3H3,(H,18,19). The summed E-state index contributed by atoms with van der Waals surface area (Å²) < 4.78 is 0. The minimum atomic E-state index is -0.835. The molecule has 0 aromatic rings. The first kappa shape index (κ1) is 14.8. The molecule has 2 fully saturated rings. The summed E-state index contributed by atoms with van der Waals surface area (Å²) in [6, 6.07) is 0.185. The van der Waals surface area contributed by atoms with Crippen LogP contribution in [0.3, 0.4) is 0 Å². The highest BCUT2D eigenvalue weighted by molar-refractivity contribution is 5.78. The highest BCUT2D eigenvalue weighted by atomic mass is 16.4. The topological polar surface area (TPSA) is 52.6 Å². The third-order valence-electron chi connectivity index (χ3n) is 4.05. The molecule has 0 amide bonds. The molecular weight excluding hydrogens is 240 g/mol. The van der Waals surface area contributed by atoms with Gasteiger partial charge in [-0.3, -0.25) is 10.1 Å². The van der Waals surface area contributed by atoms with Crippen LogP contribution >= 0.6 is 0 Å². The number of hydrogen-bond donors (Lipinski definition) is 2. The number of nitrogens with one attached hydrogen (secondary N) is 1. The van der Waals surface area contributed by atoms with Crippen molar-refractivity contribution < 1.29 is 9.90 Å². The fourth-order valence-electron chi connectivity index (χ4n) is 2.79. The van der Waals surface area contributed by atoms with Gasteiger partial charge in [-0.05, 0) is 58.3 Å². The zero-order valence-electron chi connectivity index (χ0n) is 12.5. The molecule has 2 aliphatic rings. The lowest BCUT2D eigenvalue weighted by atomic mass is 10.00. The summed E-state index contributed by atoms with van der Waals surface area (Å²) in [5, 5.41) is 12.8. The number of carboxylic acids is 1. The van der Waals surface area contributed by atoms with E-state index in [0.29, 0.717) is 6.54 Å². The molecule has 19 heavy (non-hydrogen) atoms. The Hall–Kier alpha value is -0.610. The van der Waals surface area contributed by atoms with Gasteiger partial charge in [0.15, 0.2) is 0 Å². The highest BCUT2D eigenvalue weighted by Crippen LogP contribution is 2.34. The second-order valence-corrected chi connectivity index (χ2v) is 7.02. The molecule has 0 aliphatic heterocycles. The van der Waals surface area contributed by atoms with Gasteiger partial charge < -0.3 is 10.0 Å². The maximum absolute atomic E-state index is 11.6. The normalized spacial score (nSPS) is 22.8. The highest BCUT2D eigenvalue weighted by Gasteiger charge is 2.38. The molecule has 0 heterocycles. The Balaban J connectivity index is 1.95. The van der Waals surface area contributed by atoms with E-state index in [-0.39, 0.29) is 6.04 Å². The third-order valence-corrected chi connectivity index (χ3v) is 4.05. The summed E-state index contributed by atoms with van der Waals surface area (Å²) in [7, 11) is 0. The van der Waals surface area contributed by atoms with Crippen molar-refractivity contribution in [3.8, 4) is 0 Å². The summed E-state index contributed by atoms with van der Waals surface area (Å²) in [6.07, 6.45) is 5.29. The molecule has 0 aromatic carbocycles. The molecule has 4 heteroatoms. The fourth-order valence-corrected chi connectivity index (χ4v) is 2.79. The molecular formula is C15H28N2O2. The number of rotatable bonds is 9. The summed E-state index contributed by atoms with van der Waals surface area (Å²) in [6.45, 7) is 8.62. The Morgan fingerprint density at radius 1 is 1.26 bits per heavy atom. The Kier molecular flexibility index (Phi) is 4.51. The van der Waals surface area contributed by atoms with Crippen LogP contribution in [0.1, 0.15) is 46.5 Å². The van der Waals surface area contributed by atoms with Gasteiger partial charge in [0.2, 0.25) is 0 Å². The zero-order valence-corrected chi connectivity index (χ0v) is 12.5. The molecule has 4 nitrogen and oxygen atoms in total. The van der Waals surface area contributed by atoms with E-state index >= 15 is 0 Å². The Morgan fingerprint density at radius 2 is 1.74 bits per heavy atom. The van der Waals surface area contributed by atoms with Gasteiger partial charge in [-0.25, -0.2) is 0 Å². The van der Waals surface area contributed by atoms with Crippen molar-refractivity contribution in [2.75, 3.05) is 19.6 Å². The first-order valence-corrected chi connectivity index (χ1v) is 7.62. The number of carbonyl (C=O) groups is 1. The molecule has 2 saturated carbocycles. The van der Waals surface area contributed by atoms with Crippen LogP contribution in [0.2, 0.25) is 0 Å². The predicted octanol–water partition coefficient (Wildman–Crippen LogP) is 1.95. The summed E-state index contributed by atoms with van der Waals surface area (Å²) in [5.74, 6) is 0.893. The quantitative estimate of drug-likeness (QED) is 0.671. The van der Waals surface area contributed by atoms with E-state index in [4.69, 9.17) is 0 Å². The molecule has 2 N–H and O–H groups in total. The third kappa shape index (κ3) is 4.77. The van der Waals surface area contributed by atoms with Crippen molar-refractivity contribution in [2.45, 2.75) is 58.0 Å². The van der Waals surface area contributed by atoms with Gasteiger partial charge in [0, 0.05) is 25.7 Å². The first-order valence-electron chi connectivity index (χ1n) is 7.62. The van der Waals surface area contributed by atoms with Crippen LogP contribution in [-0.4, -0.2) is 47.2 Å². The molecule has 1 unspecified atom stereocenters. The van der Waals surface area contributed by atoms with Crippen molar-refractivity contribution in [1.82, 2.24) is 10.2 Å². The van der Waals surface area contributed by atoms with Crippen LogP contribution < -0.4 is 5.32 Å². The number of nitrogens with zero attached hydrogens (tertiary/aromatic N) is 1. The molecule has 2 aliphatic carbocycles. The van der Waals surface area contributed by atoms with Gasteiger partial charge in [-0.1, -0.05) is 0 Å². The maximum atomic E-state index is 11.6. The maximum Gasteiger partial charge on any atom is 0.324 e. The lowest BCUT2D eigenvalue weighted by Gasteiger charge is -2.34. The van der Waals surface area contributed by atoms with Crippen molar-refractivity contribution >= 4 is 5.97 Å². The Morgan fingerprint density at radius 3 is 2.05 bits per heavy atom. The van der Waals surface area contributed by atoms with Crippen molar-refractivity contribution in [1.29, 1.82) is 0 Å². The van der Waals surface area contributed by atoms with E-state index < -0.39 is 11.5 Å². The van der Waals surface area contributed by atoms with Crippen LogP contribution in [0.5, 0.6) is 0 Å². The minimum Gasteiger partial charge on any atom is -0.480 e. The van der Waals surface area contributed by atoms with Crippen LogP contribution in [0.25, 0.3) is 0 Å². The van der Waals surface area contributed by atoms with Gasteiger partial charge in [-0.2, -0.15) is 0 Å². The summed E-state index contributed by atoms with van der Waals surface area (Å²) in [5.41, 5.74) is -0.835. The molecule has 2 rings (SSSR count). The molecule has 0 spiro atoms. The van der Waals surface area contributed by atoms with Gasteiger partial charge in [0.25, 0.3) is 0 Å². The summed E-state index contributed by atoms with van der Waals surface area (Å²) >= 11 is 0. The first-order chi connectivity index (χ1) is 8.89. The van der Waals surface area contributed by atoms with E-state index in [1.165, 1.54) is 25.7 Å². The predicted molar refractivity (Wildman–Crippen MR) is 76.2 cm³/mol. The fraction of sp³-hybridized carbons (Fsp3) is 0.933. The molecule has 1 atom stereocenters. The van der Waals surface area contributed by atoms with Gasteiger partial charge in [-0.15, -0.1) is 0 Å². The Bertz CT molecular complexity index is 310. The zero-order chi connectivity index (χ0) is 14.0.